The third-order valence-electron chi connectivity index (χ3n) is 3.27. The summed E-state index contributed by atoms with van der Waals surface area (Å²) in [6, 6.07) is 0.901. The zero-order valence-corrected chi connectivity index (χ0v) is 7.31. The summed E-state index contributed by atoms with van der Waals surface area (Å²) in [7, 11) is 0. The summed E-state index contributed by atoms with van der Waals surface area (Å²) in [5, 5.41) is 3.49. The van der Waals surface area contributed by atoms with Gasteiger partial charge in [0.25, 0.3) is 0 Å². The SMILES string of the molecule is C1CCC(CC2CCN2)CC1. The van der Waals surface area contributed by atoms with Crippen molar-refractivity contribution in [3.8, 4) is 0 Å². The van der Waals surface area contributed by atoms with Crippen molar-refractivity contribution in [2.75, 3.05) is 6.54 Å². The summed E-state index contributed by atoms with van der Waals surface area (Å²) in [4.78, 5) is 0. The van der Waals surface area contributed by atoms with Gasteiger partial charge >= 0.3 is 0 Å². The average Bonchev–Trinajstić information content (AvgIpc) is 1.99. The van der Waals surface area contributed by atoms with Crippen LogP contribution in [0.15, 0.2) is 0 Å². The van der Waals surface area contributed by atoms with E-state index < -0.39 is 0 Å². The molecule has 1 aliphatic heterocycles. The Bertz CT molecular complexity index is 112. The van der Waals surface area contributed by atoms with Crippen LogP contribution >= 0.6 is 0 Å². The van der Waals surface area contributed by atoms with E-state index in [-0.39, 0.29) is 0 Å². The Morgan fingerprint density at radius 1 is 1.00 bits per heavy atom. The fourth-order valence-electron chi connectivity index (χ4n) is 2.37. The first kappa shape index (κ1) is 7.60. The largest absolute Gasteiger partial charge is 0.314 e. The van der Waals surface area contributed by atoms with Crippen molar-refractivity contribution in [2.45, 2.75) is 51.0 Å². The molecule has 0 bridgehead atoms. The first-order valence-electron chi connectivity index (χ1n) is 5.18. The zero-order chi connectivity index (χ0) is 7.52. The molecule has 0 aromatic carbocycles. The molecule has 2 fully saturated rings. The third kappa shape index (κ3) is 1.96. The number of hydrogen-bond donors (Lipinski definition) is 1. The van der Waals surface area contributed by atoms with Crippen LogP contribution in [0.4, 0.5) is 0 Å². The van der Waals surface area contributed by atoms with Crippen LogP contribution < -0.4 is 5.32 Å². The van der Waals surface area contributed by atoms with Crippen molar-refractivity contribution < 1.29 is 0 Å². The van der Waals surface area contributed by atoms with Crippen LogP contribution in [0.3, 0.4) is 0 Å². The Kier molecular flexibility index (Phi) is 2.47. The minimum atomic E-state index is 0.901. The molecule has 0 amide bonds. The van der Waals surface area contributed by atoms with Crippen molar-refractivity contribution in [3.05, 3.63) is 0 Å². The second-order valence-electron chi connectivity index (χ2n) is 4.18. The van der Waals surface area contributed by atoms with Crippen LogP contribution in [0.2, 0.25) is 0 Å². The molecule has 1 heteroatoms. The van der Waals surface area contributed by atoms with Gasteiger partial charge in [-0.2, -0.15) is 0 Å². The molecule has 1 heterocycles. The van der Waals surface area contributed by atoms with Gasteiger partial charge in [0.05, 0.1) is 0 Å². The van der Waals surface area contributed by atoms with Crippen molar-refractivity contribution in [1.29, 1.82) is 0 Å². The molecule has 1 N–H and O–H groups in total. The molecule has 0 aromatic heterocycles. The van der Waals surface area contributed by atoms with Gasteiger partial charge in [0, 0.05) is 6.04 Å². The summed E-state index contributed by atoms with van der Waals surface area (Å²) < 4.78 is 0. The lowest BCUT2D eigenvalue weighted by Crippen LogP contribution is -2.44. The molecule has 1 saturated heterocycles. The Balaban J connectivity index is 1.67. The lowest BCUT2D eigenvalue weighted by atomic mass is 9.83. The monoisotopic (exact) mass is 153 g/mol. The molecule has 2 rings (SSSR count). The average molecular weight is 153 g/mol. The highest BCUT2D eigenvalue weighted by Crippen LogP contribution is 2.28. The minimum Gasteiger partial charge on any atom is -0.314 e. The summed E-state index contributed by atoms with van der Waals surface area (Å²) in [5.74, 6) is 1.07. The fraction of sp³-hybridized carbons (Fsp3) is 1.00. The smallest absolute Gasteiger partial charge is 0.00817 e. The van der Waals surface area contributed by atoms with Gasteiger partial charge in [0.2, 0.25) is 0 Å². The van der Waals surface area contributed by atoms with Crippen molar-refractivity contribution in [3.63, 3.8) is 0 Å². The first-order valence-corrected chi connectivity index (χ1v) is 5.18. The van der Waals surface area contributed by atoms with Crippen LogP contribution in [0.25, 0.3) is 0 Å². The molecule has 1 saturated carbocycles. The first-order chi connectivity index (χ1) is 5.45. The van der Waals surface area contributed by atoms with E-state index in [9.17, 15) is 0 Å². The van der Waals surface area contributed by atoms with Gasteiger partial charge in [0.1, 0.15) is 0 Å². The predicted octanol–water partition coefficient (Wildman–Crippen LogP) is 2.32. The predicted molar refractivity (Wildman–Crippen MR) is 47.6 cm³/mol. The van der Waals surface area contributed by atoms with Crippen LogP contribution in [-0.4, -0.2) is 12.6 Å². The molecule has 2 aliphatic rings. The molecule has 1 atom stereocenters. The molecule has 1 aliphatic carbocycles. The maximum atomic E-state index is 3.49. The quantitative estimate of drug-likeness (QED) is 0.642. The topological polar surface area (TPSA) is 12.0 Å². The fourth-order valence-corrected chi connectivity index (χ4v) is 2.37. The lowest BCUT2D eigenvalue weighted by molar-refractivity contribution is 0.252. The maximum Gasteiger partial charge on any atom is 0.00817 e. The van der Waals surface area contributed by atoms with Crippen LogP contribution in [0, 0.1) is 5.92 Å². The van der Waals surface area contributed by atoms with E-state index in [1.165, 1.54) is 51.5 Å². The summed E-state index contributed by atoms with van der Waals surface area (Å²) in [6.45, 7) is 1.28. The van der Waals surface area contributed by atoms with Crippen molar-refractivity contribution in [2.24, 2.45) is 5.92 Å². The van der Waals surface area contributed by atoms with Crippen LogP contribution in [0.1, 0.15) is 44.9 Å². The van der Waals surface area contributed by atoms with E-state index in [4.69, 9.17) is 0 Å². The van der Waals surface area contributed by atoms with Crippen molar-refractivity contribution >= 4 is 0 Å². The van der Waals surface area contributed by atoms with Crippen molar-refractivity contribution in [1.82, 2.24) is 5.32 Å². The summed E-state index contributed by atoms with van der Waals surface area (Å²) >= 11 is 0. The Labute approximate surface area is 69.6 Å². The normalized spacial score (nSPS) is 33.3. The van der Waals surface area contributed by atoms with Gasteiger partial charge < -0.3 is 5.32 Å². The maximum absolute atomic E-state index is 3.49. The van der Waals surface area contributed by atoms with Gasteiger partial charge in [-0.1, -0.05) is 32.1 Å². The number of rotatable bonds is 2. The van der Waals surface area contributed by atoms with Gasteiger partial charge in [-0.15, -0.1) is 0 Å². The highest BCUT2D eigenvalue weighted by atomic mass is 15.0. The van der Waals surface area contributed by atoms with E-state index in [0.29, 0.717) is 0 Å². The van der Waals surface area contributed by atoms with E-state index in [2.05, 4.69) is 5.32 Å². The van der Waals surface area contributed by atoms with Crippen LogP contribution in [-0.2, 0) is 0 Å². The summed E-state index contributed by atoms with van der Waals surface area (Å²) in [5.41, 5.74) is 0. The molecular weight excluding hydrogens is 134 g/mol. The third-order valence-corrected chi connectivity index (χ3v) is 3.27. The Morgan fingerprint density at radius 3 is 2.27 bits per heavy atom. The molecule has 0 aromatic rings. The molecule has 1 unspecified atom stereocenters. The second kappa shape index (κ2) is 3.57. The van der Waals surface area contributed by atoms with Gasteiger partial charge in [-0.3, -0.25) is 0 Å². The van der Waals surface area contributed by atoms with Gasteiger partial charge in [-0.05, 0) is 25.3 Å². The molecular formula is C10H19N. The highest BCUT2D eigenvalue weighted by molar-refractivity contribution is 4.81. The Hall–Kier alpha value is -0.0400. The summed E-state index contributed by atoms with van der Waals surface area (Å²) in [6.07, 6.45) is 10.4. The molecule has 0 radical (unpaired) electrons. The minimum absolute atomic E-state index is 0.901. The van der Waals surface area contributed by atoms with Gasteiger partial charge in [-0.25, -0.2) is 0 Å². The molecule has 64 valence electrons. The van der Waals surface area contributed by atoms with Gasteiger partial charge in [0.15, 0.2) is 0 Å². The number of nitrogens with one attached hydrogen (secondary N) is 1. The second-order valence-corrected chi connectivity index (χ2v) is 4.18. The molecule has 0 spiro atoms. The van der Waals surface area contributed by atoms with E-state index in [1.54, 1.807) is 0 Å². The lowest BCUT2D eigenvalue weighted by Gasteiger charge is -2.32. The zero-order valence-electron chi connectivity index (χ0n) is 7.31. The van der Waals surface area contributed by atoms with Crippen LogP contribution in [0.5, 0.6) is 0 Å². The molecule has 11 heavy (non-hydrogen) atoms. The van der Waals surface area contributed by atoms with E-state index in [0.717, 1.165) is 12.0 Å². The highest BCUT2D eigenvalue weighted by Gasteiger charge is 2.22. The van der Waals surface area contributed by atoms with E-state index in [1.807, 2.05) is 0 Å². The standard InChI is InChI=1S/C10H19N/c1-2-4-9(5-3-1)8-10-6-7-11-10/h9-11H,1-8H2. The number of hydrogen-bond acceptors (Lipinski definition) is 1. The van der Waals surface area contributed by atoms with E-state index >= 15 is 0 Å². The Morgan fingerprint density at radius 2 is 1.73 bits per heavy atom. The molecule has 1 nitrogen and oxygen atoms in total.